The number of ether oxygens (including phenoxy) is 3. The van der Waals surface area contributed by atoms with Gasteiger partial charge < -0.3 is 19.5 Å². The molecule has 0 aromatic heterocycles. The molecular formula is C21H27NO4. The van der Waals surface area contributed by atoms with E-state index in [9.17, 15) is 4.79 Å². The zero-order valence-corrected chi connectivity index (χ0v) is 16.3. The van der Waals surface area contributed by atoms with Crippen molar-refractivity contribution in [2.45, 2.75) is 39.8 Å². The van der Waals surface area contributed by atoms with Gasteiger partial charge in [-0.3, -0.25) is 4.79 Å². The van der Waals surface area contributed by atoms with Crippen LogP contribution >= 0.6 is 0 Å². The number of hydrogen-bond acceptors (Lipinski definition) is 4. The third kappa shape index (κ3) is 4.69. The summed E-state index contributed by atoms with van der Waals surface area (Å²) in [6.07, 6.45) is -0.615. The summed E-state index contributed by atoms with van der Waals surface area (Å²) in [7, 11) is 3.21. The van der Waals surface area contributed by atoms with Crippen molar-refractivity contribution in [1.29, 1.82) is 0 Å². The molecule has 2 atom stereocenters. The molecule has 2 aromatic carbocycles. The van der Waals surface area contributed by atoms with Crippen LogP contribution in [-0.2, 0) is 4.79 Å². The molecule has 0 unspecified atom stereocenters. The first-order valence-corrected chi connectivity index (χ1v) is 8.62. The maximum Gasteiger partial charge on any atom is 0.261 e. The second-order valence-corrected chi connectivity index (χ2v) is 6.37. The van der Waals surface area contributed by atoms with Gasteiger partial charge in [0.05, 0.1) is 20.3 Å². The second-order valence-electron chi connectivity index (χ2n) is 6.37. The molecule has 5 heteroatoms. The Hall–Kier alpha value is -2.69. The molecule has 0 bridgehead atoms. The summed E-state index contributed by atoms with van der Waals surface area (Å²) in [5.74, 6) is 1.93. The molecule has 1 N–H and O–H groups in total. The fourth-order valence-corrected chi connectivity index (χ4v) is 2.76. The van der Waals surface area contributed by atoms with Crippen molar-refractivity contribution in [3.63, 3.8) is 0 Å². The normalized spacial score (nSPS) is 12.8. The third-order valence-electron chi connectivity index (χ3n) is 4.27. The summed E-state index contributed by atoms with van der Waals surface area (Å²) in [5, 5.41) is 2.97. The van der Waals surface area contributed by atoms with Gasteiger partial charge in [-0.1, -0.05) is 17.7 Å². The van der Waals surface area contributed by atoms with Crippen molar-refractivity contribution >= 4 is 5.91 Å². The van der Waals surface area contributed by atoms with E-state index in [1.54, 1.807) is 21.1 Å². The van der Waals surface area contributed by atoms with Crippen LogP contribution in [0.4, 0.5) is 0 Å². The summed E-state index contributed by atoms with van der Waals surface area (Å²) in [6.45, 7) is 7.63. The Morgan fingerprint density at radius 2 is 1.65 bits per heavy atom. The molecular weight excluding hydrogens is 330 g/mol. The first-order chi connectivity index (χ1) is 12.3. The number of carbonyl (C=O) groups excluding carboxylic acids is 1. The predicted molar refractivity (Wildman–Crippen MR) is 102 cm³/mol. The molecule has 5 nitrogen and oxygen atoms in total. The average Bonchev–Trinajstić information content (AvgIpc) is 2.63. The first kappa shape index (κ1) is 19.6. The molecule has 2 rings (SSSR count). The summed E-state index contributed by atoms with van der Waals surface area (Å²) in [6, 6.07) is 11.1. The van der Waals surface area contributed by atoms with E-state index in [-0.39, 0.29) is 11.9 Å². The molecule has 0 aliphatic rings. The Balaban J connectivity index is 2.08. The van der Waals surface area contributed by atoms with E-state index in [0.717, 1.165) is 16.7 Å². The van der Waals surface area contributed by atoms with Crippen LogP contribution in [0.15, 0.2) is 36.4 Å². The summed E-state index contributed by atoms with van der Waals surface area (Å²) < 4.78 is 16.5. The largest absolute Gasteiger partial charge is 0.497 e. The van der Waals surface area contributed by atoms with Gasteiger partial charge in [-0.05, 0) is 57.5 Å². The van der Waals surface area contributed by atoms with Gasteiger partial charge in [-0.2, -0.15) is 0 Å². The van der Waals surface area contributed by atoms with E-state index in [2.05, 4.69) is 5.32 Å². The van der Waals surface area contributed by atoms with E-state index in [0.29, 0.717) is 17.2 Å². The number of nitrogens with one attached hydrogen (secondary N) is 1. The maximum absolute atomic E-state index is 12.6. The van der Waals surface area contributed by atoms with Crippen LogP contribution in [0.5, 0.6) is 17.2 Å². The molecule has 0 saturated heterocycles. The minimum atomic E-state index is -0.615. The Bertz CT molecular complexity index is 773. The fourth-order valence-electron chi connectivity index (χ4n) is 2.76. The molecule has 0 heterocycles. The van der Waals surface area contributed by atoms with Crippen LogP contribution in [0, 0.1) is 13.8 Å². The lowest BCUT2D eigenvalue weighted by Gasteiger charge is -2.21. The number of benzene rings is 2. The quantitative estimate of drug-likeness (QED) is 0.815. The number of aryl methyl sites for hydroxylation is 2. The molecule has 140 valence electrons. The molecule has 0 fully saturated rings. The molecule has 0 aliphatic carbocycles. The number of hydrogen-bond donors (Lipinski definition) is 1. The second kappa shape index (κ2) is 8.61. The molecule has 2 aromatic rings. The van der Waals surface area contributed by atoms with Crippen LogP contribution in [0.25, 0.3) is 0 Å². The van der Waals surface area contributed by atoms with Crippen molar-refractivity contribution in [3.05, 3.63) is 53.1 Å². The third-order valence-corrected chi connectivity index (χ3v) is 4.27. The lowest BCUT2D eigenvalue weighted by Crippen LogP contribution is -2.38. The van der Waals surface area contributed by atoms with E-state index < -0.39 is 6.10 Å². The minimum absolute atomic E-state index is 0.192. The monoisotopic (exact) mass is 357 g/mol. The SMILES string of the molecule is COc1ccc(OC)c([C@@H](C)NC(=O)[C@H](C)Oc2ccc(C)cc2C)c1. The highest BCUT2D eigenvalue weighted by Crippen LogP contribution is 2.29. The summed E-state index contributed by atoms with van der Waals surface area (Å²) >= 11 is 0. The standard InChI is InChI=1S/C21H27NO4/c1-13-7-9-19(14(2)11-13)26-16(4)21(23)22-15(3)18-12-17(24-5)8-10-20(18)25-6/h7-12,15-16H,1-6H3,(H,22,23)/t15-,16+/m1/s1. The van der Waals surface area contributed by atoms with Crippen molar-refractivity contribution in [2.75, 3.05) is 14.2 Å². The number of methoxy groups -OCH3 is 2. The first-order valence-electron chi connectivity index (χ1n) is 8.62. The zero-order chi connectivity index (χ0) is 19.3. The zero-order valence-electron chi connectivity index (χ0n) is 16.3. The van der Waals surface area contributed by atoms with Gasteiger partial charge in [0.2, 0.25) is 0 Å². The van der Waals surface area contributed by atoms with Crippen molar-refractivity contribution in [1.82, 2.24) is 5.32 Å². The van der Waals surface area contributed by atoms with Gasteiger partial charge >= 0.3 is 0 Å². The van der Waals surface area contributed by atoms with Gasteiger partial charge in [-0.25, -0.2) is 0 Å². The molecule has 0 spiro atoms. The Kier molecular flexibility index (Phi) is 6.50. The van der Waals surface area contributed by atoms with Crippen LogP contribution in [0.3, 0.4) is 0 Å². The van der Waals surface area contributed by atoms with Crippen LogP contribution < -0.4 is 19.5 Å². The highest BCUT2D eigenvalue weighted by molar-refractivity contribution is 5.81. The maximum atomic E-state index is 12.6. The van der Waals surface area contributed by atoms with Crippen LogP contribution in [-0.4, -0.2) is 26.2 Å². The smallest absolute Gasteiger partial charge is 0.261 e. The minimum Gasteiger partial charge on any atom is -0.497 e. The van der Waals surface area contributed by atoms with Crippen LogP contribution in [0.2, 0.25) is 0 Å². The van der Waals surface area contributed by atoms with Gasteiger partial charge in [0.15, 0.2) is 6.10 Å². The summed E-state index contributed by atoms with van der Waals surface area (Å²) in [4.78, 5) is 12.6. The number of carbonyl (C=O) groups is 1. The van der Waals surface area contributed by atoms with Gasteiger partial charge in [0.1, 0.15) is 17.2 Å². The Morgan fingerprint density at radius 1 is 0.962 bits per heavy atom. The number of amides is 1. The fraction of sp³-hybridized carbons (Fsp3) is 0.381. The highest BCUT2D eigenvalue weighted by atomic mass is 16.5. The van der Waals surface area contributed by atoms with Gasteiger partial charge in [0, 0.05) is 5.56 Å². The lowest BCUT2D eigenvalue weighted by molar-refractivity contribution is -0.127. The average molecular weight is 357 g/mol. The van der Waals surface area contributed by atoms with Crippen molar-refractivity contribution in [3.8, 4) is 17.2 Å². The van der Waals surface area contributed by atoms with E-state index >= 15 is 0 Å². The van der Waals surface area contributed by atoms with E-state index in [1.165, 1.54) is 0 Å². The lowest BCUT2D eigenvalue weighted by atomic mass is 10.1. The highest BCUT2D eigenvalue weighted by Gasteiger charge is 2.20. The Morgan fingerprint density at radius 3 is 2.27 bits per heavy atom. The van der Waals surface area contributed by atoms with Crippen molar-refractivity contribution in [2.24, 2.45) is 0 Å². The van der Waals surface area contributed by atoms with Gasteiger partial charge in [-0.15, -0.1) is 0 Å². The topological polar surface area (TPSA) is 56.8 Å². The van der Waals surface area contributed by atoms with Crippen molar-refractivity contribution < 1.29 is 19.0 Å². The summed E-state index contributed by atoms with van der Waals surface area (Å²) in [5.41, 5.74) is 3.01. The van der Waals surface area contributed by atoms with Crippen LogP contribution in [0.1, 0.15) is 36.6 Å². The molecule has 0 aliphatic heterocycles. The molecule has 26 heavy (non-hydrogen) atoms. The molecule has 1 amide bonds. The molecule has 0 radical (unpaired) electrons. The van der Waals surface area contributed by atoms with E-state index in [1.807, 2.05) is 57.2 Å². The predicted octanol–water partition coefficient (Wildman–Crippen LogP) is 3.97. The molecule has 0 saturated carbocycles. The van der Waals surface area contributed by atoms with Gasteiger partial charge in [0.25, 0.3) is 5.91 Å². The van der Waals surface area contributed by atoms with E-state index in [4.69, 9.17) is 14.2 Å². The number of rotatable bonds is 7. The Labute approximate surface area is 155 Å².